The Labute approximate surface area is 163 Å². The Kier molecular flexibility index (Phi) is 6.97. The molecule has 0 aromatic carbocycles. The van der Waals surface area contributed by atoms with Crippen LogP contribution in [-0.4, -0.2) is 28.0 Å². The number of allylic oxidation sites excluding steroid dienone is 4. The molecule has 2 heterocycles. The summed E-state index contributed by atoms with van der Waals surface area (Å²) in [6, 6.07) is 8.22. The Morgan fingerprint density at radius 2 is 1.41 bits per heavy atom. The van der Waals surface area contributed by atoms with Crippen molar-refractivity contribution in [2.45, 2.75) is 39.5 Å². The zero-order chi connectivity index (χ0) is 18.9. The summed E-state index contributed by atoms with van der Waals surface area (Å²) in [5.74, 6) is 0. The van der Waals surface area contributed by atoms with Gasteiger partial charge in [-0.2, -0.15) is 0 Å². The van der Waals surface area contributed by atoms with E-state index in [0.29, 0.717) is 0 Å². The lowest BCUT2D eigenvalue weighted by Crippen LogP contribution is -2.19. The molecular weight excluding hydrogens is 330 g/mol. The fraction of sp³-hybridized carbons (Fsp3) is 0.333. The van der Waals surface area contributed by atoms with Crippen molar-refractivity contribution in [1.82, 2.24) is 14.9 Å². The number of nitrogens with zero attached hydrogens (tertiary/aromatic N) is 3. The number of aromatic nitrogens is 2. The van der Waals surface area contributed by atoms with Crippen LogP contribution in [0, 0.1) is 0 Å². The van der Waals surface area contributed by atoms with Crippen LogP contribution in [0.4, 0.5) is 0 Å². The van der Waals surface area contributed by atoms with E-state index in [1.165, 1.54) is 31.3 Å². The van der Waals surface area contributed by atoms with Crippen molar-refractivity contribution in [3.63, 3.8) is 0 Å². The summed E-state index contributed by atoms with van der Waals surface area (Å²) in [5.41, 5.74) is 5.47. The van der Waals surface area contributed by atoms with Crippen LogP contribution in [0.5, 0.6) is 0 Å². The molecule has 3 rings (SSSR count). The first-order valence-electron chi connectivity index (χ1n) is 10.1. The van der Waals surface area contributed by atoms with Crippen LogP contribution in [0.2, 0.25) is 0 Å². The molecule has 0 bridgehead atoms. The summed E-state index contributed by atoms with van der Waals surface area (Å²) < 4.78 is 0. The highest BCUT2D eigenvalue weighted by atomic mass is 15.1. The average molecular weight is 360 g/mol. The molecule has 0 atom stereocenters. The summed E-state index contributed by atoms with van der Waals surface area (Å²) in [5, 5.41) is 0. The Morgan fingerprint density at radius 3 is 1.96 bits per heavy atom. The van der Waals surface area contributed by atoms with Gasteiger partial charge in [-0.3, -0.25) is 9.97 Å². The summed E-state index contributed by atoms with van der Waals surface area (Å²) >= 11 is 0. The average Bonchev–Trinajstić information content (AvgIpc) is 3.03. The molecule has 0 aliphatic heterocycles. The van der Waals surface area contributed by atoms with Crippen LogP contribution in [-0.2, 0) is 0 Å². The minimum Gasteiger partial charge on any atom is -0.377 e. The summed E-state index contributed by atoms with van der Waals surface area (Å²) in [7, 11) is 0. The van der Waals surface area contributed by atoms with Gasteiger partial charge in [-0.15, -0.1) is 0 Å². The number of fused-ring (bicyclic) bond motifs is 3. The van der Waals surface area contributed by atoms with E-state index < -0.39 is 0 Å². The van der Waals surface area contributed by atoms with E-state index in [2.05, 4.69) is 71.4 Å². The van der Waals surface area contributed by atoms with Crippen molar-refractivity contribution in [2.24, 2.45) is 0 Å². The first kappa shape index (κ1) is 19.1. The molecule has 0 unspecified atom stereocenters. The lowest BCUT2D eigenvalue weighted by Gasteiger charge is -2.19. The maximum absolute atomic E-state index is 4.53. The molecule has 2 aromatic rings. The van der Waals surface area contributed by atoms with Gasteiger partial charge in [0.2, 0.25) is 0 Å². The van der Waals surface area contributed by atoms with Gasteiger partial charge in [0, 0.05) is 36.6 Å². The standard InChI is InChI=1S/C24H29N3/c1-3-5-17-27(18-6-4-2)19-9-7-8-12-20-21-13-10-15-25-23(21)24-22(20)14-11-16-26-24/h7-16,19H,3-6,17-18H2,1-2H3/b8-7+,19-9+. The second-order valence-electron chi connectivity index (χ2n) is 6.85. The van der Waals surface area contributed by atoms with E-state index in [1.807, 2.05) is 24.5 Å². The molecule has 0 fully saturated rings. The minimum atomic E-state index is 0.980. The quantitative estimate of drug-likeness (QED) is 0.448. The van der Waals surface area contributed by atoms with Crippen molar-refractivity contribution >= 4 is 5.57 Å². The van der Waals surface area contributed by atoms with Crippen LogP contribution in [0.15, 0.2) is 67.2 Å². The SMILES string of the molecule is CCCCN(/C=C/C=C/C=C1c2cccnc2-c2ncccc21)CCCC. The van der Waals surface area contributed by atoms with E-state index >= 15 is 0 Å². The lowest BCUT2D eigenvalue weighted by molar-refractivity contribution is 0.360. The number of hydrogen-bond acceptors (Lipinski definition) is 3. The molecule has 1 aliphatic rings. The maximum Gasteiger partial charge on any atom is 0.0970 e. The van der Waals surface area contributed by atoms with Gasteiger partial charge < -0.3 is 4.90 Å². The van der Waals surface area contributed by atoms with Crippen LogP contribution in [0.3, 0.4) is 0 Å². The molecule has 1 aliphatic carbocycles. The van der Waals surface area contributed by atoms with Crippen LogP contribution in [0.1, 0.15) is 50.7 Å². The highest BCUT2D eigenvalue weighted by molar-refractivity contribution is 5.98. The van der Waals surface area contributed by atoms with Gasteiger partial charge in [0.25, 0.3) is 0 Å². The first-order chi connectivity index (χ1) is 13.3. The predicted molar refractivity (Wildman–Crippen MR) is 114 cm³/mol. The van der Waals surface area contributed by atoms with Gasteiger partial charge in [-0.1, -0.05) is 57.0 Å². The van der Waals surface area contributed by atoms with Crippen molar-refractivity contribution in [3.05, 3.63) is 78.3 Å². The molecule has 0 radical (unpaired) electrons. The number of pyridine rings is 2. The first-order valence-corrected chi connectivity index (χ1v) is 10.1. The number of unbranched alkanes of at least 4 members (excludes halogenated alkanes) is 2. The number of rotatable bonds is 9. The normalized spacial score (nSPS) is 12.6. The fourth-order valence-corrected chi connectivity index (χ4v) is 3.32. The molecule has 3 heteroatoms. The van der Waals surface area contributed by atoms with Gasteiger partial charge in [-0.25, -0.2) is 0 Å². The Bertz CT molecular complexity index is 778. The zero-order valence-electron chi connectivity index (χ0n) is 16.4. The molecule has 0 N–H and O–H groups in total. The van der Waals surface area contributed by atoms with Gasteiger partial charge in [0.15, 0.2) is 0 Å². The molecule has 0 saturated heterocycles. The smallest absolute Gasteiger partial charge is 0.0970 e. The summed E-state index contributed by atoms with van der Waals surface area (Å²) in [6.07, 6.45) is 19.4. The highest BCUT2D eigenvalue weighted by Crippen LogP contribution is 2.41. The second kappa shape index (κ2) is 9.86. The van der Waals surface area contributed by atoms with Gasteiger partial charge >= 0.3 is 0 Å². The molecule has 140 valence electrons. The van der Waals surface area contributed by atoms with Gasteiger partial charge in [0.05, 0.1) is 11.4 Å². The fourth-order valence-electron chi connectivity index (χ4n) is 3.32. The molecule has 0 amide bonds. The minimum absolute atomic E-state index is 0.980. The third-order valence-electron chi connectivity index (χ3n) is 4.80. The van der Waals surface area contributed by atoms with E-state index in [4.69, 9.17) is 0 Å². The summed E-state index contributed by atoms with van der Waals surface area (Å²) in [4.78, 5) is 11.5. The lowest BCUT2D eigenvalue weighted by atomic mass is 10.1. The monoisotopic (exact) mass is 359 g/mol. The third-order valence-corrected chi connectivity index (χ3v) is 4.80. The van der Waals surface area contributed by atoms with Crippen LogP contribution < -0.4 is 0 Å². The zero-order valence-corrected chi connectivity index (χ0v) is 16.4. The summed E-state index contributed by atoms with van der Waals surface area (Å²) in [6.45, 7) is 6.77. The van der Waals surface area contributed by atoms with Crippen molar-refractivity contribution < 1.29 is 0 Å². The Hall–Kier alpha value is -2.68. The van der Waals surface area contributed by atoms with Gasteiger partial charge in [0.1, 0.15) is 0 Å². The van der Waals surface area contributed by atoms with Crippen molar-refractivity contribution in [1.29, 1.82) is 0 Å². The van der Waals surface area contributed by atoms with E-state index in [1.54, 1.807) is 0 Å². The van der Waals surface area contributed by atoms with Crippen molar-refractivity contribution in [2.75, 3.05) is 13.1 Å². The van der Waals surface area contributed by atoms with E-state index in [0.717, 1.165) is 35.6 Å². The molecule has 2 aromatic heterocycles. The topological polar surface area (TPSA) is 29.0 Å². The van der Waals surface area contributed by atoms with Gasteiger partial charge in [-0.05, 0) is 42.8 Å². The second-order valence-corrected chi connectivity index (χ2v) is 6.85. The van der Waals surface area contributed by atoms with E-state index in [-0.39, 0.29) is 0 Å². The molecule has 0 spiro atoms. The highest BCUT2D eigenvalue weighted by Gasteiger charge is 2.24. The third kappa shape index (κ3) is 4.73. The molecular formula is C24H29N3. The number of hydrogen-bond donors (Lipinski definition) is 0. The van der Waals surface area contributed by atoms with Crippen molar-refractivity contribution in [3.8, 4) is 11.4 Å². The van der Waals surface area contributed by atoms with E-state index in [9.17, 15) is 0 Å². The maximum atomic E-state index is 4.53. The predicted octanol–water partition coefficient (Wildman–Crippen LogP) is 5.86. The molecule has 27 heavy (non-hydrogen) atoms. The Balaban J connectivity index is 1.73. The van der Waals surface area contributed by atoms with Crippen LogP contribution in [0.25, 0.3) is 17.0 Å². The molecule has 3 nitrogen and oxygen atoms in total. The largest absolute Gasteiger partial charge is 0.377 e. The Morgan fingerprint density at radius 1 is 0.815 bits per heavy atom. The molecule has 0 saturated carbocycles. The van der Waals surface area contributed by atoms with Crippen LogP contribution >= 0.6 is 0 Å².